The number of carbonyl (C=O) groups excluding carboxylic acids is 1. The van der Waals surface area contributed by atoms with Crippen molar-refractivity contribution in [2.24, 2.45) is 16.5 Å². The SMILES string of the molecule is C/C(=C\c1cc(C)c(C)cc1-c1cccc(O)c1)C(=O)N=C(N)N. The van der Waals surface area contributed by atoms with Crippen LogP contribution in [0.15, 0.2) is 47.0 Å². The number of benzene rings is 2. The zero-order valence-corrected chi connectivity index (χ0v) is 14.0. The van der Waals surface area contributed by atoms with Gasteiger partial charge in [0, 0.05) is 5.57 Å². The van der Waals surface area contributed by atoms with Crippen LogP contribution in [0.25, 0.3) is 17.2 Å². The first-order valence-corrected chi connectivity index (χ1v) is 7.51. The molecule has 5 nitrogen and oxygen atoms in total. The van der Waals surface area contributed by atoms with Crippen molar-refractivity contribution in [3.8, 4) is 16.9 Å². The second-order valence-corrected chi connectivity index (χ2v) is 5.74. The van der Waals surface area contributed by atoms with E-state index in [0.717, 1.165) is 27.8 Å². The third-order valence-corrected chi connectivity index (χ3v) is 3.76. The van der Waals surface area contributed by atoms with Crippen molar-refractivity contribution in [3.63, 3.8) is 0 Å². The van der Waals surface area contributed by atoms with Gasteiger partial charge < -0.3 is 16.6 Å². The summed E-state index contributed by atoms with van der Waals surface area (Å²) in [5.41, 5.74) is 15.8. The van der Waals surface area contributed by atoms with Gasteiger partial charge in [-0.3, -0.25) is 4.79 Å². The lowest BCUT2D eigenvalue weighted by Gasteiger charge is -2.12. The molecule has 2 rings (SSSR count). The Morgan fingerprint density at radius 1 is 1.12 bits per heavy atom. The van der Waals surface area contributed by atoms with Crippen molar-refractivity contribution in [2.45, 2.75) is 20.8 Å². The first kappa shape index (κ1) is 17.3. The van der Waals surface area contributed by atoms with E-state index >= 15 is 0 Å². The van der Waals surface area contributed by atoms with E-state index in [4.69, 9.17) is 11.5 Å². The van der Waals surface area contributed by atoms with E-state index in [1.807, 2.05) is 32.0 Å². The number of phenolic OH excluding ortho intramolecular Hbond substituents is 1. The number of guanidine groups is 1. The van der Waals surface area contributed by atoms with Gasteiger partial charge in [0.1, 0.15) is 5.75 Å². The summed E-state index contributed by atoms with van der Waals surface area (Å²) in [7, 11) is 0. The largest absolute Gasteiger partial charge is 0.508 e. The maximum atomic E-state index is 12.0. The Kier molecular flexibility index (Phi) is 5.04. The van der Waals surface area contributed by atoms with Crippen LogP contribution >= 0.6 is 0 Å². The number of rotatable bonds is 3. The highest BCUT2D eigenvalue weighted by molar-refractivity contribution is 6.04. The van der Waals surface area contributed by atoms with Crippen LogP contribution in [0, 0.1) is 13.8 Å². The monoisotopic (exact) mass is 323 g/mol. The van der Waals surface area contributed by atoms with Gasteiger partial charge in [0.25, 0.3) is 5.91 Å². The average molecular weight is 323 g/mol. The number of aryl methyl sites for hydroxylation is 2. The average Bonchev–Trinajstić information content (AvgIpc) is 2.49. The molecule has 0 aliphatic heterocycles. The maximum Gasteiger partial charge on any atom is 0.275 e. The fourth-order valence-corrected chi connectivity index (χ4v) is 2.38. The van der Waals surface area contributed by atoms with Crippen molar-refractivity contribution in [3.05, 3.63) is 58.7 Å². The molecule has 1 amide bonds. The van der Waals surface area contributed by atoms with Gasteiger partial charge in [-0.05, 0) is 66.8 Å². The second-order valence-electron chi connectivity index (χ2n) is 5.74. The topological polar surface area (TPSA) is 102 Å². The molecule has 0 radical (unpaired) electrons. The van der Waals surface area contributed by atoms with Crippen LogP contribution in [0.1, 0.15) is 23.6 Å². The number of aromatic hydroxyl groups is 1. The smallest absolute Gasteiger partial charge is 0.275 e. The van der Waals surface area contributed by atoms with Gasteiger partial charge in [-0.2, -0.15) is 4.99 Å². The fourth-order valence-electron chi connectivity index (χ4n) is 2.38. The summed E-state index contributed by atoms with van der Waals surface area (Å²) < 4.78 is 0. The second kappa shape index (κ2) is 7.00. The Labute approximate surface area is 141 Å². The number of hydrogen-bond donors (Lipinski definition) is 3. The van der Waals surface area contributed by atoms with Crippen molar-refractivity contribution in [1.29, 1.82) is 0 Å². The summed E-state index contributed by atoms with van der Waals surface area (Å²) in [4.78, 5) is 15.5. The molecule has 0 fully saturated rings. The van der Waals surface area contributed by atoms with E-state index in [2.05, 4.69) is 4.99 Å². The standard InChI is InChI=1S/C19H21N3O2/c1-11-7-15(8-13(3)18(24)22-19(20)21)17(9-12(11)2)14-5-4-6-16(23)10-14/h4-10,23H,1-3H3,(H4,20,21,22,24)/b13-8+. The highest BCUT2D eigenvalue weighted by atomic mass is 16.3. The number of hydrogen-bond acceptors (Lipinski definition) is 2. The van der Waals surface area contributed by atoms with E-state index in [1.165, 1.54) is 0 Å². The van der Waals surface area contributed by atoms with E-state index in [9.17, 15) is 9.90 Å². The first-order chi connectivity index (χ1) is 11.3. The van der Waals surface area contributed by atoms with Crippen LogP contribution in [0.4, 0.5) is 0 Å². The van der Waals surface area contributed by atoms with Crippen LogP contribution in [0.3, 0.4) is 0 Å². The van der Waals surface area contributed by atoms with E-state index in [0.29, 0.717) is 5.57 Å². The van der Waals surface area contributed by atoms with Crippen LogP contribution in [0.2, 0.25) is 0 Å². The van der Waals surface area contributed by atoms with Crippen molar-refractivity contribution >= 4 is 17.9 Å². The summed E-state index contributed by atoms with van der Waals surface area (Å²) in [5.74, 6) is -0.551. The van der Waals surface area contributed by atoms with Gasteiger partial charge in [0.05, 0.1) is 0 Å². The molecule has 0 heterocycles. The minimum Gasteiger partial charge on any atom is -0.508 e. The quantitative estimate of drug-likeness (QED) is 0.459. The molecule has 0 spiro atoms. The van der Waals surface area contributed by atoms with E-state index in [1.54, 1.807) is 31.2 Å². The minimum absolute atomic E-state index is 0.189. The normalized spacial score (nSPS) is 11.2. The molecule has 24 heavy (non-hydrogen) atoms. The summed E-state index contributed by atoms with van der Waals surface area (Å²) in [6.45, 7) is 5.69. The summed E-state index contributed by atoms with van der Waals surface area (Å²) in [5, 5.41) is 9.74. The minimum atomic E-state index is -0.477. The Hall–Kier alpha value is -3.08. The summed E-state index contributed by atoms with van der Waals surface area (Å²) >= 11 is 0. The number of amides is 1. The lowest BCUT2D eigenvalue weighted by molar-refractivity contribution is -0.114. The Bertz CT molecular complexity index is 848. The molecule has 0 saturated carbocycles. The predicted octanol–water partition coefficient (Wildman–Crippen LogP) is 2.88. The first-order valence-electron chi connectivity index (χ1n) is 7.51. The van der Waals surface area contributed by atoms with Gasteiger partial charge in [0.15, 0.2) is 5.96 Å². The molecule has 0 aliphatic carbocycles. The van der Waals surface area contributed by atoms with Crippen LogP contribution in [-0.4, -0.2) is 17.0 Å². The summed E-state index contributed by atoms with van der Waals surface area (Å²) in [6.07, 6.45) is 1.75. The van der Waals surface area contributed by atoms with Crippen LogP contribution in [0.5, 0.6) is 5.75 Å². The highest BCUT2D eigenvalue weighted by Crippen LogP contribution is 2.30. The molecule has 0 bridgehead atoms. The van der Waals surface area contributed by atoms with Gasteiger partial charge in [-0.25, -0.2) is 0 Å². The van der Waals surface area contributed by atoms with Crippen molar-refractivity contribution in [2.75, 3.05) is 0 Å². The van der Waals surface area contributed by atoms with Gasteiger partial charge in [-0.1, -0.05) is 24.3 Å². The zero-order valence-electron chi connectivity index (χ0n) is 14.0. The van der Waals surface area contributed by atoms with Gasteiger partial charge in [-0.15, -0.1) is 0 Å². The number of aliphatic imine (C=N–C) groups is 1. The fraction of sp³-hybridized carbons (Fsp3) is 0.158. The summed E-state index contributed by atoms with van der Waals surface area (Å²) in [6, 6.07) is 11.0. The van der Waals surface area contributed by atoms with Gasteiger partial charge >= 0.3 is 0 Å². The molecule has 0 unspecified atom stereocenters. The van der Waals surface area contributed by atoms with E-state index < -0.39 is 5.91 Å². The molecule has 0 aromatic heterocycles. The molecule has 0 atom stereocenters. The Morgan fingerprint density at radius 3 is 2.42 bits per heavy atom. The highest BCUT2D eigenvalue weighted by Gasteiger charge is 2.10. The van der Waals surface area contributed by atoms with Crippen LogP contribution < -0.4 is 11.5 Å². The number of carbonyl (C=O) groups is 1. The lowest BCUT2D eigenvalue weighted by Crippen LogP contribution is -2.24. The third-order valence-electron chi connectivity index (χ3n) is 3.76. The number of nitrogens with zero attached hydrogens (tertiary/aromatic N) is 1. The predicted molar refractivity (Wildman–Crippen MR) is 97.5 cm³/mol. The number of phenols is 1. The third kappa shape index (κ3) is 4.01. The van der Waals surface area contributed by atoms with Crippen molar-refractivity contribution in [1.82, 2.24) is 0 Å². The molecule has 0 aliphatic rings. The number of nitrogens with two attached hydrogens (primary N) is 2. The molecule has 124 valence electrons. The molecular formula is C19H21N3O2. The molecule has 0 saturated heterocycles. The van der Waals surface area contributed by atoms with Crippen molar-refractivity contribution < 1.29 is 9.90 Å². The van der Waals surface area contributed by atoms with Gasteiger partial charge in [0.2, 0.25) is 0 Å². The Balaban J connectivity index is 2.59. The Morgan fingerprint density at radius 2 is 1.79 bits per heavy atom. The molecule has 5 heteroatoms. The van der Waals surface area contributed by atoms with Crippen LogP contribution in [-0.2, 0) is 4.79 Å². The molecular weight excluding hydrogens is 302 g/mol. The lowest BCUT2D eigenvalue weighted by atomic mass is 9.93. The molecule has 2 aromatic rings. The molecule has 5 N–H and O–H groups in total. The van der Waals surface area contributed by atoms with E-state index in [-0.39, 0.29) is 11.7 Å². The zero-order chi connectivity index (χ0) is 17.9. The maximum absolute atomic E-state index is 12.0. The molecule has 2 aromatic carbocycles.